The molecule has 7 nitrogen and oxygen atoms in total. The number of nitrogens with zero attached hydrogens (tertiary/aromatic N) is 2. The molecular weight excluding hydrogens is 424 g/mol. The number of amides is 1. The molecule has 8 heteroatoms. The number of quaternary nitrogens is 1. The molecule has 0 bridgehead atoms. The summed E-state index contributed by atoms with van der Waals surface area (Å²) in [6, 6.07) is 14.7. The molecule has 0 radical (unpaired) electrons. The lowest BCUT2D eigenvalue weighted by Crippen LogP contribution is -3.15. The first-order valence-electron chi connectivity index (χ1n) is 10.7. The topological polar surface area (TPSA) is 77.9 Å². The maximum atomic E-state index is 13.4. The molecule has 1 unspecified atom stereocenters. The molecule has 1 aliphatic heterocycles. The number of nitrogens with one attached hydrogen (secondary N) is 2. The average molecular weight is 452 g/mol. The van der Waals surface area contributed by atoms with E-state index in [2.05, 4.69) is 36.4 Å². The third-order valence-corrected chi connectivity index (χ3v) is 8.67. The number of carbonyl (C=O) groups is 1. The first kappa shape index (κ1) is 20.9. The van der Waals surface area contributed by atoms with Crippen LogP contribution >= 0.6 is 0 Å². The lowest BCUT2D eigenvalue weighted by molar-refractivity contribution is -0.900. The van der Waals surface area contributed by atoms with Crippen LogP contribution in [0.5, 0.6) is 0 Å². The van der Waals surface area contributed by atoms with Crippen molar-refractivity contribution < 1.29 is 18.1 Å². The Morgan fingerprint density at radius 3 is 2.59 bits per heavy atom. The Hall–Kier alpha value is -2.94. The summed E-state index contributed by atoms with van der Waals surface area (Å²) >= 11 is 0. The number of hydrazine groups is 1. The Kier molecular flexibility index (Phi) is 4.96. The number of rotatable bonds is 4. The fourth-order valence-electron chi connectivity index (χ4n) is 5.03. The van der Waals surface area contributed by atoms with Gasteiger partial charge in [0.25, 0.3) is 10.0 Å². The highest BCUT2D eigenvalue weighted by Gasteiger charge is 2.40. The van der Waals surface area contributed by atoms with Crippen molar-refractivity contribution >= 4 is 32.4 Å². The van der Waals surface area contributed by atoms with Gasteiger partial charge in [-0.05, 0) is 29.3 Å². The number of sulfonamides is 1. The van der Waals surface area contributed by atoms with Gasteiger partial charge in [-0.15, -0.1) is 4.41 Å². The minimum atomic E-state index is -3.82. The monoisotopic (exact) mass is 451 g/mol. The lowest BCUT2D eigenvalue weighted by atomic mass is 9.80. The van der Waals surface area contributed by atoms with E-state index in [4.69, 9.17) is 0 Å². The maximum Gasteiger partial charge on any atom is 0.259 e. The van der Waals surface area contributed by atoms with Crippen LogP contribution in [-0.4, -0.2) is 62.5 Å². The zero-order chi connectivity index (χ0) is 22.6. The van der Waals surface area contributed by atoms with Crippen molar-refractivity contribution in [2.24, 2.45) is 5.92 Å². The second-order valence-corrected chi connectivity index (χ2v) is 10.6. The standard InChI is InChI=1S/C24H26N4O3S/c1-26-15-17(24(29)27(2)28(3)32(30,31)18-8-5-4-6-9-18)12-20-19-10-7-11-21-23(19)16(14-25-21)13-22(20)26/h4-12,14,17,22,25H,13,15H2,1-3H3/p+1/t17-,22-/m1/s1. The zero-order valence-electron chi connectivity index (χ0n) is 18.4. The molecule has 1 aromatic heterocycles. The smallest absolute Gasteiger partial charge is 0.259 e. The number of carbonyl (C=O) groups excluding carboxylic acids is 1. The molecule has 0 saturated heterocycles. The summed E-state index contributed by atoms with van der Waals surface area (Å²) in [4.78, 5) is 18.2. The molecule has 0 saturated carbocycles. The van der Waals surface area contributed by atoms with E-state index in [-0.39, 0.29) is 16.8 Å². The van der Waals surface area contributed by atoms with E-state index >= 15 is 0 Å². The van der Waals surface area contributed by atoms with Crippen molar-refractivity contribution in [1.29, 1.82) is 0 Å². The minimum absolute atomic E-state index is 0.158. The van der Waals surface area contributed by atoms with Crippen molar-refractivity contribution in [3.63, 3.8) is 0 Å². The summed E-state index contributed by atoms with van der Waals surface area (Å²) in [5.41, 5.74) is 4.76. The molecule has 2 N–H and O–H groups in total. The van der Waals surface area contributed by atoms with Gasteiger partial charge in [-0.1, -0.05) is 36.4 Å². The molecule has 2 aliphatic rings. The van der Waals surface area contributed by atoms with Gasteiger partial charge in [-0.2, -0.15) is 0 Å². The van der Waals surface area contributed by atoms with Gasteiger partial charge in [0, 0.05) is 43.2 Å². The molecule has 5 rings (SSSR count). The summed E-state index contributed by atoms with van der Waals surface area (Å²) in [7, 11) is 1.24. The Labute approximate surface area is 187 Å². The van der Waals surface area contributed by atoms with Crippen LogP contribution in [0.15, 0.2) is 65.7 Å². The highest BCUT2D eigenvalue weighted by molar-refractivity contribution is 7.89. The quantitative estimate of drug-likeness (QED) is 0.588. The fraction of sp³-hybridized carbons (Fsp3) is 0.292. The number of H-pyrrole nitrogens is 1. The summed E-state index contributed by atoms with van der Waals surface area (Å²) in [5.74, 6) is -0.639. The van der Waals surface area contributed by atoms with Crippen molar-refractivity contribution in [2.75, 3.05) is 27.7 Å². The van der Waals surface area contributed by atoms with Crippen LogP contribution in [0.2, 0.25) is 0 Å². The second-order valence-electron chi connectivity index (χ2n) is 8.69. The molecule has 1 amide bonds. The van der Waals surface area contributed by atoms with E-state index in [1.807, 2.05) is 6.07 Å². The molecular formula is C24H27N4O3S+. The van der Waals surface area contributed by atoms with Crippen LogP contribution < -0.4 is 4.90 Å². The number of fused-ring (bicyclic) bond motifs is 2. The van der Waals surface area contributed by atoms with Crippen LogP contribution in [0.4, 0.5) is 0 Å². The molecule has 1 aliphatic carbocycles. The van der Waals surface area contributed by atoms with Gasteiger partial charge >= 0.3 is 0 Å². The van der Waals surface area contributed by atoms with Crippen LogP contribution in [0.3, 0.4) is 0 Å². The van der Waals surface area contributed by atoms with E-state index in [1.165, 1.54) is 58.2 Å². The van der Waals surface area contributed by atoms with Crippen LogP contribution in [-0.2, 0) is 21.2 Å². The third-order valence-electron chi connectivity index (χ3n) is 6.86. The van der Waals surface area contributed by atoms with E-state index < -0.39 is 15.9 Å². The molecule has 32 heavy (non-hydrogen) atoms. The van der Waals surface area contributed by atoms with Gasteiger partial charge < -0.3 is 9.88 Å². The molecule has 166 valence electrons. The lowest BCUT2D eigenvalue weighted by Gasteiger charge is -2.38. The summed E-state index contributed by atoms with van der Waals surface area (Å²) in [6.45, 7) is 0.617. The van der Waals surface area contributed by atoms with Crippen molar-refractivity contribution in [3.8, 4) is 0 Å². The third kappa shape index (κ3) is 3.18. The molecule has 2 aromatic carbocycles. The van der Waals surface area contributed by atoms with Gasteiger partial charge in [0.2, 0.25) is 5.91 Å². The SMILES string of the molecule is CN(C(=O)[C@@H]1C=C2c3cccc4[nH]cc(c34)C[C@H]2[NH+](C)C1)N(C)S(=O)(=O)c1ccccc1. The first-order chi connectivity index (χ1) is 15.3. The molecule has 3 atom stereocenters. The van der Waals surface area contributed by atoms with Gasteiger partial charge in [-0.25, -0.2) is 8.42 Å². The number of aromatic nitrogens is 1. The molecule has 3 aromatic rings. The molecule has 0 spiro atoms. The minimum Gasteiger partial charge on any atom is -0.361 e. The highest BCUT2D eigenvalue weighted by atomic mass is 32.2. The predicted octanol–water partition coefficient (Wildman–Crippen LogP) is 1.31. The van der Waals surface area contributed by atoms with Crippen molar-refractivity contribution in [2.45, 2.75) is 17.4 Å². The normalized spacial score (nSPS) is 22.5. The number of hydrogen-bond donors (Lipinski definition) is 2. The average Bonchev–Trinajstić information content (AvgIpc) is 3.23. The summed E-state index contributed by atoms with van der Waals surface area (Å²) < 4.78 is 27.0. The van der Waals surface area contributed by atoms with Crippen LogP contribution in [0, 0.1) is 5.92 Å². The first-order valence-corrected chi connectivity index (χ1v) is 12.2. The van der Waals surface area contributed by atoms with Crippen molar-refractivity contribution in [1.82, 2.24) is 14.4 Å². The second kappa shape index (κ2) is 7.58. The Bertz CT molecular complexity index is 1330. The van der Waals surface area contributed by atoms with Crippen LogP contribution in [0.1, 0.15) is 11.1 Å². The summed E-state index contributed by atoms with van der Waals surface area (Å²) in [5, 5.41) is 2.45. The molecule has 0 fully saturated rings. The number of aromatic amines is 1. The number of hydrogen-bond acceptors (Lipinski definition) is 3. The van der Waals surface area contributed by atoms with Gasteiger partial charge in [0.1, 0.15) is 12.0 Å². The van der Waals surface area contributed by atoms with E-state index in [0.29, 0.717) is 6.54 Å². The van der Waals surface area contributed by atoms with Gasteiger partial charge in [-0.3, -0.25) is 9.80 Å². The highest BCUT2D eigenvalue weighted by Crippen LogP contribution is 2.37. The largest absolute Gasteiger partial charge is 0.361 e. The Morgan fingerprint density at radius 2 is 1.84 bits per heavy atom. The van der Waals surface area contributed by atoms with E-state index in [1.54, 1.807) is 18.2 Å². The zero-order valence-corrected chi connectivity index (χ0v) is 19.2. The van der Waals surface area contributed by atoms with Crippen LogP contribution in [0.25, 0.3) is 16.5 Å². The Balaban J connectivity index is 1.48. The number of benzene rings is 2. The Morgan fingerprint density at radius 1 is 1.09 bits per heavy atom. The maximum absolute atomic E-state index is 13.4. The summed E-state index contributed by atoms with van der Waals surface area (Å²) in [6.07, 6.45) is 5.07. The van der Waals surface area contributed by atoms with E-state index in [0.717, 1.165) is 16.4 Å². The molecule has 2 heterocycles. The van der Waals surface area contributed by atoms with Crippen molar-refractivity contribution in [3.05, 3.63) is 71.9 Å². The van der Waals surface area contributed by atoms with Gasteiger partial charge in [0.15, 0.2) is 0 Å². The van der Waals surface area contributed by atoms with Gasteiger partial charge in [0.05, 0.1) is 18.5 Å². The number of likely N-dealkylation sites (N-methyl/N-ethyl adjacent to an activating group) is 1. The predicted molar refractivity (Wildman–Crippen MR) is 123 cm³/mol. The van der Waals surface area contributed by atoms with E-state index in [9.17, 15) is 13.2 Å². The fourth-order valence-corrected chi connectivity index (χ4v) is 6.24.